The zero-order valence-electron chi connectivity index (χ0n) is 13.3. The summed E-state index contributed by atoms with van der Waals surface area (Å²) in [7, 11) is 1.80. The monoisotopic (exact) mass is 256 g/mol. The van der Waals surface area contributed by atoms with Gasteiger partial charge in [0.15, 0.2) is 0 Å². The summed E-state index contributed by atoms with van der Waals surface area (Å²) >= 11 is 0. The minimum atomic E-state index is 0.303. The number of piperazine rings is 1. The first-order chi connectivity index (χ1) is 8.27. The topological polar surface area (TPSA) is 24.5 Å². The van der Waals surface area contributed by atoms with Crippen LogP contribution in [0, 0.1) is 11.3 Å². The molecule has 1 heterocycles. The summed E-state index contributed by atoms with van der Waals surface area (Å²) in [6, 6.07) is 1.67. The van der Waals surface area contributed by atoms with Gasteiger partial charge >= 0.3 is 0 Å². The van der Waals surface area contributed by atoms with E-state index in [1.54, 1.807) is 7.11 Å². The molecule has 1 N–H and O–H groups in total. The Morgan fingerprint density at radius 2 is 1.89 bits per heavy atom. The van der Waals surface area contributed by atoms with Crippen LogP contribution in [0.5, 0.6) is 0 Å². The Kier molecular flexibility index (Phi) is 5.63. The Labute approximate surface area is 113 Å². The van der Waals surface area contributed by atoms with Crippen molar-refractivity contribution in [2.24, 2.45) is 11.3 Å². The van der Waals surface area contributed by atoms with E-state index in [2.05, 4.69) is 51.8 Å². The van der Waals surface area contributed by atoms with Crippen molar-refractivity contribution in [2.75, 3.05) is 26.8 Å². The second-order valence-electron chi connectivity index (χ2n) is 7.14. The van der Waals surface area contributed by atoms with Crippen molar-refractivity contribution in [2.45, 2.75) is 59.7 Å². The summed E-state index contributed by atoms with van der Waals surface area (Å²) in [5.74, 6) is 0.683. The summed E-state index contributed by atoms with van der Waals surface area (Å²) in [6.07, 6.45) is 0. The summed E-state index contributed by atoms with van der Waals surface area (Å²) in [4.78, 5) is 2.64. The summed E-state index contributed by atoms with van der Waals surface area (Å²) in [5, 5.41) is 3.72. The fraction of sp³-hybridized carbons (Fsp3) is 1.00. The molecule has 108 valence electrons. The number of nitrogens with zero attached hydrogens (tertiary/aromatic N) is 1. The van der Waals surface area contributed by atoms with Crippen molar-refractivity contribution >= 4 is 0 Å². The van der Waals surface area contributed by atoms with Gasteiger partial charge in [0.25, 0.3) is 0 Å². The molecule has 18 heavy (non-hydrogen) atoms. The molecular weight excluding hydrogens is 224 g/mol. The molecule has 1 fully saturated rings. The van der Waals surface area contributed by atoms with E-state index in [0.717, 1.165) is 19.7 Å². The van der Waals surface area contributed by atoms with Crippen LogP contribution in [-0.4, -0.2) is 49.8 Å². The van der Waals surface area contributed by atoms with Gasteiger partial charge in [-0.15, -0.1) is 0 Å². The average molecular weight is 256 g/mol. The lowest BCUT2D eigenvalue weighted by atomic mass is 9.82. The van der Waals surface area contributed by atoms with E-state index in [1.165, 1.54) is 0 Å². The maximum Gasteiger partial charge on any atom is 0.0615 e. The number of hydrogen-bond acceptors (Lipinski definition) is 3. The van der Waals surface area contributed by atoms with Crippen LogP contribution in [0.1, 0.15) is 41.5 Å². The lowest BCUT2D eigenvalue weighted by molar-refractivity contribution is -0.00730. The Bertz CT molecular complexity index is 247. The summed E-state index contributed by atoms with van der Waals surface area (Å²) in [5.41, 5.74) is 0.303. The molecule has 0 amide bonds. The molecule has 0 radical (unpaired) electrons. The van der Waals surface area contributed by atoms with E-state index >= 15 is 0 Å². The molecule has 3 nitrogen and oxygen atoms in total. The van der Waals surface area contributed by atoms with E-state index in [4.69, 9.17) is 4.74 Å². The number of nitrogens with one attached hydrogen (secondary N) is 1. The predicted octanol–water partition coefficient (Wildman–Crippen LogP) is 2.37. The average Bonchev–Trinajstić information content (AvgIpc) is 2.27. The van der Waals surface area contributed by atoms with Gasteiger partial charge in [-0.1, -0.05) is 34.6 Å². The van der Waals surface area contributed by atoms with Crippen LogP contribution in [-0.2, 0) is 4.74 Å². The standard InChI is InChI=1S/C15H32N2O/c1-11(2)13-9-17(12(3)10-18-7)14(8-16-13)15(4,5)6/h11-14,16H,8-10H2,1-7H3. The van der Waals surface area contributed by atoms with E-state index in [0.29, 0.717) is 29.5 Å². The van der Waals surface area contributed by atoms with E-state index in [1.807, 2.05) is 0 Å². The van der Waals surface area contributed by atoms with Crippen molar-refractivity contribution in [1.82, 2.24) is 10.2 Å². The van der Waals surface area contributed by atoms with Gasteiger partial charge < -0.3 is 10.1 Å². The molecule has 0 saturated carbocycles. The van der Waals surface area contributed by atoms with Gasteiger partial charge in [0.1, 0.15) is 0 Å². The smallest absolute Gasteiger partial charge is 0.0615 e. The molecule has 0 aromatic carbocycles. The largest absolute Gasteiger partial charge is 0.383 e. The molecule has 3 atom stereocenters. The minimum absolute atomic E-state index is 0.303. The SMILES string of the molecule is COCC(C)N1CC(C(C)C)NCC1C(C)(C)C. The molecule has 0 aliphatic carbocycles. The molecular formula is C15H32N2O. The van der Waals surface area contributed by atoms with Crippen LogP contribution in [0.3, 0.4) is 0 Å². The van der Waals surface area contributed by atoms with Gasteiger partial charge in [-0.3, -0.25) is 4.90 Å². The third-order valence-corrected chi connectivity index (χ3v) is 4.16. The summed E-state index contributed by atoms with van der Waals surface area (Å²) < 4.78 is 5.35. The number of methoxy groups -OCH3 is 1. The van der Waals surface area contributed by atoms with E-state index in [9.17, 15) is 0 Å². The highest BCUT2D eigenvalue weighted by Gasteiger charge is 2.38. The lowest BCUT2D eigenvalue weighted by Gasteiger charge is -2.49. The highest BCUT2D eigenvalue weighted by atomic mass is 16.5. The summed E-state index contributed by atoms with van der Waals surface area (Å²) in [6.45, 7) is 16.9. The van der Waals surface area contributed by atoms with Crippen LogP contribution in [0.2, 0.25) is 0 Å². The van der Waals surface area contributed by atoms with Crippen LogP contribution in [0.4, 0.5) is 0 Å². The van der Waals surface area contributed by atoms with E-state index < -0.39 is 0 Å². The van der Waals surface area contributed by atoms with Crippen molar-refractivity contribution in [1.29, 1.82) is 0 Å². The molecule has 1 saturated heterocycles. The molecule has 1 aliphatic heterocycles. The Hall–Kier alpha value is -0.120. The first-order valence-corrected chi connectivity index (χ1v) is 7.25. The van der Waals surface area contributed by atoms with Crippen molar-refractivity contribution in [3.8, 4) is 0 Å². The zero-order valence-corrected chi connectivity index (χ0v) is 13.3. The molecule has 0 aromatic rings. The maximum absolute atomic E-state index is 5.35. The van der Waals surface area contributed by atoms with Crippen LogP contribution in [0.15, 0.2) is 0 Å². The lowest BCUT2D eigenvalue weighted by Crippen LogP contribution is -2.64. The predicted molar refractivity (Wildman–Crippen MR) is 77.9 cm³/mol. The molecule has 0 spiro atoms. The second kappa shape index (κ2) is 6.36. The van der Waals surface area contributed by atoms with Gasteiger partial charge in [0.2, 0.25) is 0 Å². The van der Waals surface area contributed by atoms with Crippen molar-refractivity contribution in [3.63, 3.8) is 0 Å². The number of ether oxygens (including phenoxy) is 1. The number of rotatable bonds is 4. The molecule has 0 bridgehead atoms. The quantitative estimate of drug-likeness (QED) is 0.836. The molecule has 3 unspecified atom stereocenters. The molecule has 1 rings (SSSR count). The normalized spacial score (nSPS) is 28.7. The third-order valence-electron chi connectivity index (χ3n) is 4.16. The maximum atomic E-state index is 5.35. The highest BCUT2D eigenvalue weighted by Crippen LogP contribution is 2.29. The first kappa shape index (κ1) is 15.9. The van der Waals surface area contributed by atoms with E-state index in [-0.39, 0.29) is 0 Å². The Morgan fingerprint density at radius 1 is 1.28 bits per heavy atom. The van der Waals surface area contributed by atoms with Gasteiger partial charge in [0.05, 0.1) is 6.61 Å². The van der Waals surface area contributed by atoms with Crippen molar-refractivity contribution < 1.29 is 4.74 Å². The molecule has 3 heteroatoms. The van der Waals surface area contributed by atoms with Gasteiger partial charge in [0, 0.05) is 38.3 Å². The van der Waals surface area contributed by atoms with Crippen LogP contribution < -0.4 is 5.32 Å². The minimum Gasteiger partial charge on any atom is -0.383 e. The van der Waals surface area contributed by atoms with Gasteiger partial charge in [-0.2, -0.15) is 0 Å². The van der Waals surface area contributed by atoms with Crippen LogP contribution >= 0.6 is 0 Å². The zero-order chi connectivity index (χ0) is 13.9. The first-order valence-electron chi connectivity index (χ1n) is 7.25. The molecule has 1 aliphatic rings. The third kappa shape index (κ3) is 3.94. The van der Waals surface area contributed by atoms with Crippen LogP contribution in [0.25, 0.3) is 0 Å². The van der Waals surface area contributed by atoms with Crippen molar-refractivity contribution in [3.05, 3.63) is 0 Å². The number of hydrogen-bond donors (Lipinski definition) is 1. The van der Waals surface area contributed by atoms with Gasteiger partial charge in [-0.25, -0.2) is 0 Å². The fourth-order valence-corrected chi connectivity index (χ4v) is 2.87. The van der Waals surface area contributed by atoms with Gasteiger partial charge in [-0.05, 0) is 18.3 Å². The Morgan fingerprint density at radius 3 is 2.33 bits per heavy atom. The Balaban J connectivity index is 2.79. The fourth-order valence-electron chi connectivity index (χ4n) is 2.87. The highest BCUT2D eigenvalue weighted by molar-refractivity contribution is 4.95. The molecule has 0 aromatic heterocycles. The second-order valence-corrected chi connectivity index (χ2v) is 7.14.